The molecule has 1 aromatic rings. The van der Waals surface area contributed by atoms with Gasteiger partial charge in [-0.2, -0.15) is 0 Å². The number of ether oxygens (including phenoxy) is 1. The molecule has 1 aromatic carbocycles. The van der Waals surface area contributed by atoms with Crippen LogP contribution in [0.1, 0.15) is 58.4 Å². The van der Waals surface area contributed by atoms with Gasteiger partial charge in [0.1, 0.15) is 5.75 Å². The van der Waals surface area contributed by atoms with E-state index in [1.54, 1.807) is 0 Å². The maximum Gasteiger partial charge on any atom is 0.320 e. The Morgan fingerprint density at radius 1 is 1.23 bits per heavy atom. The number of hydrogen-bond donors (Lipinski definition) is 1. The van der Waals surface area contributed by atoms with Gasteiger partial charge in [-0.05, 0) is 56.7 Å². The quantitative estimate of drug-likeness (QED) is 0.850. The van der Waals surface area contributed by atoms with Crippen molar-refractivity contribution in [1.82, 2.24) is 10.2 Å². The second kappa shape index (κ2) is 7.52. The number of urea groups is 1. The zero-order chi connectivity index (χ0) is 16.1. The van der Waals surface area contributed by atoms with Crippen molar-refractivity contribution >= 4 is 6.03 Å². The van der Waals surface area contributed by atoms with Crippen LogP contribution in [0.2, 0.25) is 0 Å². The maximum atomic E-state index is 12.3. The first-order valence-corrected chi connectivity index (χ1v) is 8.31. The first-order chi connectivity index (χ1) is 10.5. The molecule has 1 aliphatic rings. The van der Waals surface area contributed by atoms with Crippen LogP contribution in [-0.4, -0.2) is 29.7 Å². The van der Waals surface area contributed by atoms with E-state index in [0.29, 0.717) is 12.0 Å². The van der Waals surface area contributed by atoms with Crippen molar-refractivity contribution in [1.29, 1.82) is 0 Å². The molecule has 0 aromatic heterocycles. The molecule has 1 aliphatic heterocycles. The van der Waals surface area contributed by atoms with E-state index in [0.717, 1.165) is 25.1 Å². The molecule has 1 heterocycles. The van der Waals surface area contributed by atoms with Crippen molar-refractivity contribution < 1.29 is 9.53 Å². The van der Waals surface area contributed by atoms with E-state index in [9.17, 15) is 4.79 Å². The average Bonchev–Trinajstić information content (AvgIpc) is 2.48. The van der Waals surface area contributed by atoms with Crippen LogP contribution in [0.15, 0.2) is 24.3 Å². The summed E-state index contributed by atoms with van der Waals surface area (Å²) >= 11 is 0. The molecule has 0 bridgehead atoms. The third kappa shape index (κ3) is 4.39. The summed E-state index contributed by atoms with van der Waals surface area (Å²) in [6.07, 6.45) is 3.04. The van der Waals surface area contributed by atoms with Gasteiger partial charge in [0.25, 0.3) is 0 Å². The van der Waals surface area contributed by atoms with E-state index < -0.39 is 0 Å². The SMILES string of the molecule is CC(NC(=O)N1CCCCC1C)Oc1ccc(C(C)C)cc1. The summed E-state index contributed by atoms with van der Waals surface area (Å²) in [5.41, 5.74) is 1.28. The zero-order valence-electron chi connectivity index (χ0n) is 14.1. The van der Waals surface area contributed by atoms with Crippen molar-refractivity contribution in [3.8, 4) is 5.75 Å². The van der Waals surface area contributed by atoms with Gasteiger partial charge in [-0.3, -0.25) is 0 Å². The van der Waals surface area contributed by atoms with Crippen LogP contribution >= 0.6 is 0 Å². The van der Waals surface area contributed by atoms with E-state index in [4.69, 9.17) is 4.74 Å². The highest BCUT2D eigenvalue weighted by molar-refractivity contribution is 5.74. The molecule has 1 N–H and O–H groups in total. The van der Waals surface area contributed by atoms with Gasteiger partial charge in [-0.25, -0.2) is 4.79 Å². The molecular formula is C18H28N2O2. The third-order valence-corrected chi connectivity index (χ3v) is 4.25. The number of benzene rings is 1. The lowest BCUT2D eigenvalue weighted by Gasteiger charge is -2.34. The number of nitrogens with zero attached hydrogens (tertiary/aromatic N) is 1. The van der Waals surface area contributed by atoms with Gasteiger partial charge >= 0.3 is 6.03 Å². The predicted octanol–water partition coefficient (Wildman–Crippen LogP) is 4.12. The lowest BCUT2D eigenvalue weighted by Crippen LogP contribution is -2.50. The number of nitrogens with one attached hydrogen (secondary N) is 1. The Labute approximate surface area is 133 Å². The van der Waals surface area contributed by atoms with Gasteiger partial charge in [0.2, 0.25) is 0 Å². The van der Waals surface area contributed by atoms with Crippen LogP contribution < -0.4 is 10.1 Å². The molecule has 2 atom stereocenters. The Kier molecular flexibility index (Phi) is 5.69. The Bertz CT molecular complexity index is 484. The number of likely N-dealkylation sites (tertiary alicyclic amines) is 1. The highest BCUT2D eigenvalue weighted by Crippen LogP contribution is 2.20. The fourth-order valence-corrected chi connectivity index (χ4v) is 2.82. The van der Waals surface area contributed by atoms with E-state index >= 15 is 0 Å². The molecule has 4 nitrogen and oxygen atoms in total. The van der Waals surface area contributed by atoms with E-state index in [2.05, 4.69) is 38.2 Å². The average molecular weight is 304 g/mol. The second-order valence-corrected chi connectivity index (χ2v) is 6.47. The molecule has 122 valence electrons. The summed E-state index contributed by atoms with van der Waals surface area (Å²) in [6.45, 7) is 9.14. The smallest absolute Gasteiger partial charge is 0.320 e. The Morgan fingerprint density at radius 3 is 2.50 bits per heavy atom. The molecule has 22 heavy (non-hydrogen) atoms. The number of carbonyl (C=O) groups excluding carboxylic acids is 1. The molecule has 0 aliphatic carbocycles. The van der Waals surface area contributed by atoms with Gasteiger partial charge in [-0.15, -0.1) is 0 Å². The number of carbonyl (C=O) groups is 1. The zero-order valence-corrected chi connectivity index (χ0v) is 14.1. The highest BCUT2D eigenvalue weighted by Gasteiger charge is 2.24. The van der Waals surface area contributed by atoms with Gasteiger partial charge in [0.05, 0.1) is 0 Å². The van der Waals surface area contributed by atoms with Crippen LogP contribution in [0.3, 0.4) is 0 Å². The second-order valence-electron chi connectivity index (χ2n) is 6.47. The van der Waals surface area contributed by atoms with E-state index in [1.165, 1.54) is 12.0 Å². The summed E-state index contributed by atoms with van der Waals surface area (Å²) in [5, 5.41) is 2.93. The minimum absolute atomic E-state index is 0.0292. The third-order valence-electron chi connectivity index (χ3n) is 4.25. The Balaban J connectivity index is 1.86. The molecule has 2 rings (SSSR count). The summed E-state index contributed by atoms with van der Waals surface area (Å²) in [4.78, 5) is 14.2. The summed E-state index contributed by atoms with van der Waals surface area (Å²) in [7, 11) is 0. The molecular weight excluding hydrogens is 276 g/mol. The van der Waals surface area contributed by atoms with Crippen LogP contribution in [0, 0.1) is 0 Å². The van der Waals surface area contributed by atoms with Crippen molar-refractivity contribution in [3.05, 3.63) is 29.8 Å². The summed E-state index contributed by atoms with van der Waals surface area (Å²) in [5.74, 6) is 1.29. The molecule has 1 saturated heterocycles. The molecule has 0 saturated carbocycles. The standard InChI is InChI=1S/C18H28N2O2/c1-13(2)16-8-10-17(11-9-16)22-15(4)19-18(21)20-12-6-5-7-14(20)3/h8-11,13-15H,5-7,12H2,1-4H3,(H,19,21). The van der Waals surface area contributed by atoms with Crippen LogP contribution in [0.25, 0.3) is 0 Å². The first-order valence-electron chi connectivity index (χ1n) is 8.31. The fraction of sp³-hybridized carbons (Fsp3) is 0.611. The Morgan fingerprint density at radius 2 is 1.91 bits per heavy atom. The van der Waals surface area contributed by atoms with E-state index in [1.807, 2.05) is 24.0 Å². The van der Waals surface area contributed by atoms with Crippen LogP contribution in [0.5, 0.6) is 5.75 Å². The lowest BCUT2D eigenvalue weighted by atomic mass is 10.0. The molecule has 2 amide bonds. The van der Waals surface area contributed by atoms with Crippen molar-refractivity contribution in [2.24, 2.45) is 0 Å². The number of piperidine rings is 1. The predicted molar refractivity (Wildman–Crippen MR) is 89.2 cm³/mol. The summed E-state index contributed by atoms with van der Waals surface area (Å²) in [6, 6.07) is 8.34. The minimum Gasteiger partial charge on any atom is -0.471 e. The summed E-state index contributed by atoms with van der Waals surface area (Å²) < 4.78 is 5.79. The number of rotatable bonds is 4. The normalized spacial score (nSPS) is 19.9. The van der Waals surface area contributed by atoms with Crippen molar-refractivity contribution in [2.75, 3.05) is 6.54 Å². The minimum atomic E-state index is -0.341. The topological polar surface area (TPSA) is 41.6 Å². The molecule has 0 spiro atoms. The monoisotopic (exact) mass is 304 g/mol. The van der Waals surface area contributed by atoms with Gasteiger partial charge in [0.15, 0.2) is 6.23 Å². The first kappa shape index (κ1) is 16.7. The van der Waals surface area contributed by atoms with Crippen molar-refractivity contribution in [2.45, 2.75) is 65.1 Å². The van der Waals surface area contributed by atoms with E-state index in [-0.39, 0.29) is 12.3 Å². The highest BCUT2D eigenvalue weighted by atomic mass is 16.5. The maximum absolute atomic E-state index is 12.3. The fourth-order valence-electron chi connectivity index (χ4n) is 2.82. The van der Waals surface area contributed by atoms with Crippen LogP contribution in [-0.2, 0) is 0 Å². The molecule has 4 heteroatoms. The lowest BCUT2D eigenvalue weighted by molar-refractivity contribution is 0.129. The van der Waals surface area contributed by atoms with Crippen LogP contribution in [0.4, 0.5) is 4.79 Å². The Hall–Kier alpha value is -1.71. The largest absolute Gasteiger partial charge is 0.471 e. The van der Waals surface area contributed by atoms with Gasteiger partial charge in [0, 0.05) is 12.6 Å². The molecule has 1 fully saturated rings. The van der Waals surface area contributed by atoms with Gasteiger partial charge < -0.3 is 15.0 Å². The van der Waals surface area contributed by atoms with Gasteiger partial charge in [-0.1, -0.05) is 26.0 Å². The molecule has 2 unspecified atom stereocenters. The number of amides is 2. The molecule has 0 radical (unpaired) electrons. The number of hydrogen-bond acceptors (Lipinski definition) is 2. The van der Waals surface area contributed by atoms with Crippen molar-refractivity contribution in [3.63, 3.8) is 0 Å².